The van der Waals surface area contributed by atoms with Gasteiger partial charge in [0.25, 0.3) is 5.69 Å². The van der Waals surface area contributed by atoms with Gasteiger partial charge < -0.3 is 9.15 Å². The van der Waals surface area contributed by atoms with E-state index in [-0.39, 0.29) is 5.69 Å². The third kappa shape index (κ3) is 2.62. The summed E-state index contributed by atoms with van der Waals surface area (Å²) in [5.74, 6) is 0.410. The summed E-state index contributed by atoms with van der Waals surface area (Å²) in [7, 11) is 1.47. The van der Waals surface area contributed by atoms with Gasteiger partial charge in [-0.25, -0.2) is 4.98 Å². The zero-order chi connectivity index (χ0) is 18.4. The topological polar surface area (TPSA) is 103 Å². The minimum atomic E-state index is -0.472. The van der Waals surface area contributed by atoms with Crippen LogP contribution in [-0.4, -0.2) is 22.0 Å². The van der Waals surface area contributed by atoms with E-state index < -0.39 is 4.92 Å². The lowest BCUT2D eigenvalue weighted by molar-refractivity contribution is -0.383. The third-order valence-electron chi connectivity index (χ3n) is 4.17. The quantitative estimate of drug-likeness (QED) is 0.409. The molecule has 0 unspecified atom stereocenters. The van der Waals surface area contributed by atoms with Gasteiger partial charge in [0.05, 0.1) is 22.8 Å². The lowest BCUT2D eigenvalue weighted by atomic mass is 10.1. The summed E-state index contributed by atoms with van der Waals surface area (Å²) < 4.78 is 11.6. The Bertz CT molecular complexity index is 1160. The molecule has 4 rings (SSSR count). The monoisotopic (exact) mass is 370 g/mol. The van der Waals surface area contributed by atoms with Crippen molar-refractivity contribution in [1.82, 2.24) is 9.97 Å². The summed E-state index contributed by atoms with van der Waals surface area (Å²) in [4.78, 5) is 19.6. The van der Waals surface area contributed by atoms with Crippen LogP contribution < -0.4 is 10.1 Å². The second-order valence-electron chi connectivity index (χ2n) is 5.77. The fourth-order valence-electron chi connectivity index (χ4n) is 2.66. The standard InChI is InChI=1S/C17H14N4O4S/c1-8-4-5-11-15(9(8)2)25-16(18-11)20-17-19-14-12(21(22)23)6-10(24-3)7-13(14)26-17/h4-7H,1-3H3,(H,18,19,20). The van der Waals surface area contributed by atoms with Crippen LogP contribution in [0.4, 0.5) is 16.8 Å². The van der Waals surface area contributed by atoms with Gasteiger partial charge in [-0.15, -0.1) is 0 Å². The van der Waals surface area contributed by atoms with Crippen molar-refractivity contribution in [3.05, 3.63) is 45.5 Å². The number of hydrogen-bond acceptors (Lipinski definition) is 8. The van der Waals surface area contributed by atoms with Crippen LogP contribution in [-0.2, 0) is 0 Å². The van der Waals surface area contributed by atoms with Gasteiger partial charge >= 0.3 is 6.01 Å². The number of aryl methyl sites for hydroxylation is 2. The minimum absolute atomic E-state index is 0.104. The molecule has 0 aliphatic rings. The van der Waals surface area contributed by atoms with Gasteiger partial charge in [0.15, 0.2) is 16.2 Å². The fraction of sp³-hybridized carbons (Fsp3) is 0.176. The van der Waals surface area contributed by atoms with E-state index in [9.17, 15) is 10.1 Å². The smallest absolute Gasteiger partial charge is 0.302 e. The van der Waals surface area contributed by atoms with Gasteiger partial charge in [-0.2, -0.15) is 4.98 Å². The van der Waals surface area contributed by atoms with Crippen LogP contribution in [0.25, 0.3) is 21.3 Å². The Kier molecular flexibility index (Phi) is 3.73. The van der Waals surface area contributed by atoms with Crippen LogP contribution in [0.15, 0.2) is 28.7 Å². The van der Waals surface area contributed by atoms with Gasteiger partial charge in [-0.05, 0) is 31.0 Å². The molecule has 1 N–H and O–H groups in total. The third-order valence-corrected chi connectivity index (χ3v) is 5.09. The lowest BCUT2D eigenvalue weighted by Crippen LogP contribution is -1.92. The van der Waals surface area contributed by atoms with E-state index in [2.05, 4.69) is 15.3 Å². The molecule has 0 bridgehead atoms. The molecule has 9 heteroatoms. The van der Waals surface area contributed by atoms with Gasteiger partial charge in [0, 0.05) is 6.07 Å². The summed E-state index contributed by atoms with van der Waals surface area (Å²) >= 11 is 1.26. The molecule has 26 heavy (non-hydrogen) atoms. The highest BCUT2D eigenvalue weighted by Crippen LogP contribution is 2.37. The highest BCUT2D eigenvalue weighted by atomic mass is 32.1. The molecule has 4 aromatic rings. The van der Waals surface area contributed by atoms with Crippen molar-refractivity contribution in [3.63, 3.8) is 0 Å². The number of anilines is 2. The summed E-state index contributed by atoms with van der Waals surface area (Å²) in [6, 6.07) is 7.24. The number of nitro benzene ring substituents is 1. The van der Waals surface area contributed by atoms with Crippen LogP contribution in [0.3, 0.4) is 0 Å². The molecular formula is C17H14N4O4S. The molecule has 0 radical (unpaired) electrons. The first kappa shape index (κ1) is 16.3. The highest BCUT2D eigenvalue weighted by molar-refractivity contribution is 7.22. The van der Waals surface area contributed by atoms with Crippen molar-refractivity contribution in [3.8, 4) is 5.75 Å². The van der Waals surface area contributed by atoms with Crippen molar-refractivity contribution < 1.29 is 14.1 Å². The van der Waals surface area contributed by atoms with Crippen molar-refractivity contribution in [2.75, 3.05) is 12.4 Å². The number of fused-ring (bicyclic) bond motifs is 2. The first-order valence-corrected chi connectivity index (χ1v) is 8.54. The summed E-state index contributed by atoms with van der Waals surface area (Å²) in [6.45, 7) is 3.98. The Morgan fingerprint density at radius 1 is 1.27 bits per heavy atom. The number of benzene rings is 2. The van der Waals surface area contributed by atoms with Crippen molar-refractivity contribution in [1.29, 1.82) is 0 Å². The van der Waals surface area contributed by atoms with Crippen LogP contribution >= 0.6 is 11.3 Å². The number of non-ortho nitro benzene ring substituents is 1. The van der Waals surface area contributed by atoms with Gasteiger partial charge in [-0.1, -0.05) is 17.4 Å². The van der Waals surface area contributed by atoms with Crippen LogP contribution in [0.5, 0.6) is 5.75 Å². The van der Waals surface area contributed by atoms with E-state index in [1.807, 2.05) is 26.0 Å². The Morgan fingerprint density at radius 3 is 2.81 bits per heavy atom. The molecule has 0 saturated carbocycles. The number of rotatable bonds is 4. The second kappa shape index (κ2) is 5.95. The first-order chi connectivity index (χ1) is 12.5. The maximum Gasteiger partial charge on any atom is 0.302 e. The predicted molar refractivity (Wildman–Crippen MR) is 99.6 cm³/mol. The van der Waals surface area contributed by atoms with E-state index in [1.165, 1.54) is 24.5 Å². The first-order valence-electron chi connectivity index (χ1n) is 7.73. The fourth-order valence-corrected chi connectivity index (χ4v) is 3.57. The van der Waals surface area contributed by atoms with E-state index in [4.69, 9.17) is 9.15 Å². The summed E-state index contributed by atoms with van der Waals surface area (Å²) in [6.07, 6.45) is 0. The average Bonchev–Trinajstić information content (AvgIpc) is 3.20. The zero-order valence-electron chi connectivity index (χ0n) is 14.2. The molecule has 8 nitrogen and oxygen atoms in total. The SMILES string of the molecule is COc1cc([N+](=O)[O-])c2nc(Nc3nc4ccc(C)c(C)c4o3)sc2c1. The molecule has 0 spiro atoms. The summed E-state index contributed by atoms with van der Waals surface area (Å²) in [5, 5.41) is 14.8. The number of methoxy groups -OCH3 is 1. The normalized spacial score (nSPS) is 11.2. The van der Waals surface area contributed by atoms with Crippen molar-refractivity contribution in [2.45, 2.75) is 13.8 Å². The molecule has 0 saturated heterocycles. The van der Waals surface area contributed by atoms with Gasteiger partial charge in [-0.3, -0.25) is 15.4 Å². The van der Waals surface area contributed by atoms with Gasteiger partial charge in [0.2, 0.25) is 0 Å². The zero-order valence-corrected chi connectivity index (χ0v) is 15.0. The average molecular weight is 370 g/mol. The van der Waals surface area contributed by atoms with E-state index >= 15 is 0 Å². The largest absolute Gasteiger partial charge is 0.496 e. The molecule has 2 aromatic heterocycles. The Labute approximate surface area is 151 Å². The van der Waals surface area contributed by atoms with E-state index in [1.54, 1.807) is 6.07 Å². The minimum Gasteiger partial charge on any atom is -0.496 e. The van der Waals surface area contributed by atoms with Crippen molar-refractivity contribution in [2.24, 2.45) is 0 Å². The number of oxazole rings is 1. The number of nitrogens with one attached hydrogen (secondary N) is 1. The van der Waals surface area contributed by atoms with Crippen LogP contribution in [0.1, 0.15) is 11.1 Å². The Balaban J connectivity index is 1.77. The van der Waals surface area contributed by atoms with Crippen LogP contribution in [0.2, 0.25) is 0 Å². The molecule has 0 atom stereocenters. The number of hydrogen-bond donors (Lipinski definition) is 1. The van der Waals surface area contributed by atoms with Crippen LogP contribution in [0, 0.1) is 24.0 Å². The van der Waals surface area contributed by atoms with E-state index in [0.29, 0.717) is 32.7 Å². The Morgan fingerprint density at radius 2 is 2.08 bits per heavy atom. The maximum absolute atomic E-state index is 11.3. The molecule has 0 aliphatic carbocycles. The molecule has 132 valence electrons. The summed E-state index contributed by atoms with van der Waals surface area (Å²) in [5.41, 5.74) is 3.78. The molecule has 2 aromatic carbocycles. The van der Waals surface area contributed by atoms with E-state index in [0.717, 1.165) is 16.6 Å². The number of nitro groups is 1. The molecule has 0 amide bonds. The van der Waals surface area contributed by atoms with Gasteiger partial charge in [0.1, 0.15) is 11.3 Å². The maximum atomic E-state index is 11.3. The molecule has 0 aliphatic heterocycles. The highest BCUT2D eigenvalue weighted by Gasteiger charge is 2.20. The predicted octanol–water partition coefficient (Wildman–Crippen LogP) is 4.71. The Hall–Kier alpha value is -3.20. The number of thiazole rings is 1. The molecule has 2 heterocycles. The number of nitrogens with zero attached hydrogens (tertiary/aromatic N) is 3. The number of ether oxygens (including phenoxy) is 1. The second-order valence-corrected chi connectivity index (χ2v) is 6.80. The molecular weight excluding hydrogens is 356 g/mol. The lowest BCUT2D eigenvalue weighted by Gasteiger charge is -1.99. The molecule has 0 fully saturated rings. The van der Waals surface area contributed by atoms with Crippen molar-refractivity contribution >= 4 is 49.5 Å². The number of aromatic nitrogens is 2.